The van der Waals surface area contributed by atoms with E-state index in [-0.39, 0.29) is 0 Å². The fourth-order valence-electron chi connectivity index (χ4n) is 3.07. The van der Waals surface area contributed by atoms with Crippen LogP contribution in [0.15, 0.2) is 55.0 Å². The average molecular weight is 294 g/mol. The van der Waals surface area contributed by atoms with Crippen molar-refractivity contribution in [2.24, 2.45) is 0 Å². The van der Waals surface area contributed by atoms with Crippen LogP contribution in [0.1, 0.15) is 12.8 Å². The SMILES string of the molecule is c1ccc(OC[C@H]2CCCN2c2ccnc3nccn23)cc1. The molecule has 4 rings (SSSR count). The maximum atomic E-state index is 5.95. The van der Waals surface area contributed by atoms with Gasteiger partial charge in [-0.3, -0.25) is 4.40 Å². The van der Waals surface area contributed by atoms with Crippen LogP contribution in [0, 0.1) is 0 Å². The number of rotatable bonds is 4. The van der Waals surface area contributed by atoms with Crippen LogP contribution in [-0.4, -0.2) is 33.6 Å². The molecule has 1 aliphatic rings. The van der Waals surface area contributed by atoms with Gasteiger partial charge in [-0.15, -0.1) is 0 Å². The monoisotopic (exact) mass is 294 g/mol. The van der Waals surface area contributed by atoms with E-state index in [1.165, 1.54) is 6.42 Å². The lowest BCUT2D eigenvalue weighted by Gasteiger charge is -2.27. The number of fused-ring (bicyclic) bond motifs is 1. The summed E-state index contributed by atoms with van der Waals surface area (Å²) >= 11 is 0. The summed E-state index contributed by atoms with van der Waals surface area (Å²) < 4.78 is 8.00. The van der Waals surface area contributed by atoms with E-state index >= 15 is 0 Å². The molecule has 3 heterocycles. The molecule has 0 N–H and O–H groups in total. The van der Waals surface area contributed by atoms with E-state index in [2.05, 4.69) is 20.9 Å². The summed E-state index contributed by atoms with van der Waals surface area (Å²) in [5.41, 5.74) is 0. The molecule has 5 heteroatoms. The maximum absolute atomic E-state index is 5.95. The van der Waals surface area contributed by atoms with Gasteiger partial charge in [-0.25, -0.2) is 9.97 Å². The first-order valence-electron chi connectivity index (χ1n) is 7.64. The van der Waals surface area contributed by atoms with Crippen LogP contribution < -0.4 is 9.64 Å². The summed E-state index contributed by atoms with van der Waals surface area (Å²) in [6, 6.07) is 12.4. The minimum Gasteiger partial charge on any atom is -0.491 e. The molecule has 5 nitrogen and oxygen atoms in total. The highest BCUT2D eigenvalue weighted by molar-refractivity contribution is 5.48. The van der Waals surface area contributed by atoms with Crippen molar-refractivity contribution in [3.8, 4) is 5.75 Å². The number of hydrogen-bond acceptors (Lipinski definition) is 4. The molecule has 1 atom stereocenters. The van der Waals surface area contributed by atoms with Gasteiger partial charge < -0.3 is 9.64 Å². The van der Waals surface area contributed by atoms with Crippen LogP contribution in [0.5, 0.6) is 5.75 Å². The molecule has 22 heavy (non-hydrogen) atoms. The fourth-order valence-corrected chi connectivity index (χ4v) is 3.07. The highest BCUT2D eigenvalue weighted by Crippen LogP contribution is 2.26. The normalized spacial score (nSPS) is 18.0. The lowest BCUT2D eigenvalue weighted by Crippen LogP contribution is -2.35. The van der Waals surface area contributed by atoms with Gasteiger partial charge in [0.2, 0.25) is 5.78 Å². The molecule has 1 aromatic carbocycles. The summed E-state index contributed by atoms with van der Waals surface area (Å²) in [6.07, 6.45) is 7.90. The zero-order chi connectivity index (χ0) is 14.8. The van der Waals surface area contributed by atoms with Crippen molar-refractivity contribution in [1.29, 1.82) is 0 Å². The van der Waals surface area contributed by atoms with Gasteiger partial charge in [-0.05, 0) is 31.0 Å². The van der Waals surface area contributed by atoms with E-state index in [4.69, 9.17) is 4.74 Å². The second-order valence-electron chi connectivity index (χ2n) is 5.51. The topological polar surface area (TPSA) is 42.7 Å². The summed E-state index contributed by atoms with van der Waals surface area (Å²) in [6.45, 7) is 1.74. The third-order valence-corrected chi connectivity index (χ3v) is 4.14. The quantitative estimate of drug-likeness (QED) is 0.742. The summed E-state index contributed by atoms with van der Waals surface area (Å²) in [5.74, 6) is 2.81. The molecule has 1 aliphatic heterocycles. The Morgan fingerprint density at radius 1 is 1.09 bits per heavy atom. The highest BCUT2D eigenvalue weighted by atomic mass is 16.5. The Kier molecular flexibility index (Phi) is 3.39. The molecule has 112 valence electrons. The Hall–Kier alpha value is -2.56. The molecule has 1 saturated heterocycles. The predicted molar refractivity (Wildman–Crippen MR) is 85.3 cm³/mol. The van der Waals surface area contributed by atoms with E-state index in [1.54, 1.807) is 6.20 Å². The Labute approximate surface area is 129 Å². The van der Waals surface area contributed by atoms with Crippen molar-refractivity contribution in [1.82, 2.24) is 14.4 Å². The number of hydrogen-bond donors (Lipinski definition) is 0. The Bertz CT molecular complexity index is 755. The molecule has 0 bridgehead atoms. The Morgan fingerprint density at radius 3 is 2.86 bits per heavy atom. The van der Waals surface area contributed by atoms with E-state index < -0.39 is 0 Å². The van der Waals surface area contributed by atoms with Crippen LogP contribution in [0.2, 0.25) is 0 Å². The van der Waals surface area contributed by atoms with Crippen molar-refractivity contribution >= 4 is 11.6 Å². The van der Waals surface area contributed by atoms with E-state index in [0.29, 0.717) is 12.6 Å². The zero-order valence-corrected chi connectivity index (χ0v) is 12.3. The van der Waals surface area contributed by atoms with Crippen molar-refractivity contribution in [3.63, 3.8) is 0 Å². The number of anilines is 1. The van der Waals surface area contributed by atoms with E-state index in [0.717, 1.165) is 30.3 Å². The number of nitrogens with zero attached hydrogens (tertiary/aromatic N) is 4. The van der Waals surface area contributed by atoms with Gasteiger partial charge in [0.15, 0.2) is 0 Å². The second kappa shape index (κ2) is 5.67. The molecule has 0 amide bonds. The predicted octanol–water partition coefficient (Wildman–Crippen LogP) is 2.78. The van der Waals surface area contributed by atoms with Gasteiger partial charge >= 0.3 is 0 Å². The van der Waals surface area contributed by atoms with Gasteiger partial charge in [-0.1, -0.05) is 18.2 Å². The molecule has 1 fully saturated rings. The average Bonchev–Trinajstić information content (AvgIpc) is 3.22. The molecular formula is C17H18N4O. The van der Waals surface area contributed by atoms with Crippen molar-refractivity contribution < 1.29 is 4.74 Å². The van der Waals surface area contributed by atoms with Crippen molar-refractivity contribution in [2.45, 2.75) is 18.9 Å². The number of benzene rings is 1. The molecule has 3 aromatic rings. The van der Waals surface area contributed by atoms with Gasteiger partial charge in [-0.2, -0.15) is 0 Å². The van der Waals surface area contributed by atoms with Gasteiger partial charge in [0.05, 0.1) is 6.04 Å². The van der Waals surface area contributed by atoms with Gasteiger partial charge in [0, 0.05) is 25.1 Å². The van der Waals surface area contributed by atoms with Crippen LogP contribution in [-0.2, 0) is 0 Å². The molecule has 0 radical (unpaired) electrons. The molecule has 2 aromatic heterocycles. The van der Waals surface area contributed by atoms with E-state index in [1.807, 2.05) is 47.1 Å². The first-order chi connectivity index (χ1) is 10.9. The second-order valence-corrected chi connectivity index (χ2v) is 5.51. The lowest BCUT2D eigenvalue weighted by molar-refractivity contribution is 0.288. The van der Waals surface area contributed by atoms with E-state index in [9.17, 15) is 0 Å². The molecular weight excluding hydrogens is 276 g/mol. The Balaban J connectivity index is 1.55. The third-order valence-electron chi connectivity index (χ3n) is 4.14. The fraction of sp³-hybridized carbons (Fsp3) is 0.294. The minimum atomic E-state index is 0.383. The smallest absolute Gasteiger partial charge is 0.235 e. The van der Waals surface area contributed by atoms with Crippen LogP contribution in [0.4, 0.5) is 5.82 Å². The number of para-hydroxylation sites is 1. The molecule has 0 aliphatic carbocycles. The molecule has 0 saturated carbocycles. The van der Waals surface area contributed by atoms with Gasteiger partial charge in [0.25, 0.3) is 0 Å². The Morgan fingerprint density at radius 2 is 1.95 bits per heavy atom. The van der Waals surface area contributed by atoms with Crippen molar-refractivity contribution in [3.05, 3.63) is 55.0 Å². The lowest BCUT2D eigenvalue weighted by atomic mass is 10.2. The zero-order valence-electron chi connectivity index (χ0n) is 12.3. The number of ether oxygens (including phenoxy) is 1. The number of imidazole rings is 1. The van der Waals surface area contributed by atoms with Gasteiger partial charge in [0.1, 0.15) is 18.2 Å². The summed E-state index contributed by atoms with van der Waals surface area (Å²) in [5, 5.41) is 0. The standard InChI is InChI=1S/C17H18N4O/c1-2-6-15(7-3-1)22-13-14-5-4-11-20(14)16-8-9-18-17-19-10-12-21(16)17/h1-3,6-10,12,14H,4-5,11,13H2/t14-/m1/s1. The molecule has 0 unspecified atom stereocenters. The summed E-state index contributed by atoms with van der Waals surface area (Å²) in [4.78, 5) is 11.0. The van der Waals surface area contributed by atoms with Crippen LogP contribution in [0.3, 0.4) is 0 Å². The minimum absolute atomic E-state index is 0.383. The van der Waals surface area contributed by atoms with Crippen LogP contribution >= 0.6 is 0 Å². The third kappa shape index (κ3) is 2.39. The highest BCUT2D eigenvalue weighted by Gasteiger charge is 2.27. The molecule has 0 spiro atoms. The largest absolute Gasteiger partial charge is 0.491 e. The maximum Gasteiger partial charge on any atom is 0.235 e. The number of aromatic nitrogens is 3. The van der Waals surface area contributed by atoms with Crippen LogP contribution in [0.25, 0.3) is 5.78 Å². The van der Waals surface area contributed by atoms with Crippen molar-refractivity contribution in [2.75, 3.05) is 18.1 Å². The first-order valence-corrected chi connectivity index (χ1v) is 7.64. The summed E-state index contributed by atoms with van der Waals surface area (Å²) in [7, 11) is 0. The first kappa shape index (κ1) is 13.1.